The number of carbonyl (C=O) groups excluding carboxylic acids is 2. The van der Waals surface area contributed by atoms with Crippen LogP contribution in [0.15, 0.2) is 24.8 Å². The van der Waals surface area contributed by atoms with Crippen molar-refractivity contribution in [3.8, 4) is 0 Å². The van der Waals surface area contributed by atoms with Crippen molar-refractivity contribution in [2.75, 3.05) is 54.9 Å². The van der Waals surface area contributed by atoms with Crippen molar-refractivity contribution in [2.24, 2.45) is 0 Å². The monoisotopic (exact) mass is 328 g/mol. The Morgan fingerprint density at radius 1 is 0.870 bits per heavy atom. The van der Waals surface area contributed by atoms with Gasteiger partial charge in [0.2, 0.25) is 5.91 Å². The minimum absolute atomic E-state index is 0.0290. The first-order valence-corrected chi connectivity index (χ1v) is 7.34. The van der Waals surface area contributed by atoms with Crippen LogP contribution in [-0.2, 0) is 9.59 Å². The lowest BCUT2D eigenvalue weighted by atomic mass is 10.3. The second kappa shape index (κ2) is 15.2. The highest BCUT2D eigenvalue weighted by atomic mass is 16.2. The predicted molar refractivity (Wildman–Crippen MR) is 94.4 cm³/mol. The van der Waals surface area contributed by atoms with Gasteiger partial charge in [0, 0.05) is 5.57 Å². The quantitative estimate of drug-likeness (QED) is 0.307. The summed E-state index contributed by atoms with van der Waals surface area (Å²) in [6.07, 6.45) is 1.30. The Hall–Kier alpha value is -1.74. The van der Waals surface area contributed by atoms with Crippen LogP contribution in [0.2, 0.25) is 0 Å². The highest BCUT2D eigenvalue weighted by Gasteiger charge is 2.11. The third kappa shape index (κ3) is 11.5. The highest BCUT2D eigenvalue weighted by molar-refractivity contribution is 5.92. The molecule has 8 nitrogen and oxygen atoms in total. The maximum atomic E-state index is 11.4. The molecular formula is C15H32N6O2. The van der Waals surface area contributed by atoms with E-state index in [1.165, 1.54) is 6.08 Å². The van der Waals surface area contributed by atoms with E-state index < -0.39 is 0 Å². The molecule has 23 heavy (non-hydrogen) atoms. The van der Waals surface area contributed by atoms with Gasteiger partial charge in [-0.3, -0.25) is 9.59 Å². The van der Waals surface area contributed by atoms with Gasteiger partial charge in [-0.25, -0.2) is 0 Å². The lowest BCUT2D eigenvalue weighted by molar-refractivity contribution is -0.128. The van der Waals surface area contributed by atoms with Crippen molar-refractivity contribution in [2.45, 2.75) is 6.92 Å². The van der Waals surface area contributed by atoms with Crippen molar-refractivity contribution < 1.29 is 9.59 Å². The molecule has 0 unspecified atom stereocenters. The molecule has 0 spiro atoms. The fourth-order valence-corrected chi connectivity index (χ4v) is 1.57. The lowest BCUT2D eigenvalue weighted by Gasteiger charge is -2.21. The number of nitrogens with zero attached hydrogens (tertiary/aromatic N) is 2. The van der Waals surface area contributed by atoms with E-state index in [0.29, 0.717) is 32.2 Å². The number of nitrogens with one attached hydrogen (secondary N) is 4. The number of hydrogen-bond acceptors (Lipinski definition) is 6. The second-order valence-electron chi connectivity index (χ2n) is 4.75. The molecule has 0 saturated carbocycles. The Balaban J connectivity index is 0. The van der Waals surface area contributed by atoms with Gasteiger partial charge >= 0.3 is 0 Å². The molecule has 134 valence electrons. The number of carbonyl (C=O) groups is 2. The average molecular weight is 328 g/mol. The minimum Gasteiger partial charge on any atom is -0.314 e. The van der Waals surface area contributed by atoms with Crippen LogP contribution in [0.1, 0.15) is 6.92 Å². The molecule has 0 heterocycles. The van der Waals surface area contributed by atoms with Crippen LogP contribution < -0.4 is 21.3 Å². The second-order valence-corrected chi connectivity index (χ2v) is 4.75. The van der Waals surface area contributed by atoms with E-state index in [0.717, 1.165) is 0 Å². The number of hydrogen-bond donors (Lipinski definition) is 4. The Morgan fingerprint density at radius 3 is 1.48 bits per heavy atom. The van der Waals surface area contributed by atoms with Crippen LogP contribution in [0.3, 0.4) is 0 Å². The van der Waals surface area contributed by atoms with Crippen LogP contribution in [0.5, 0.6) is 0 Å². The minimum atomic E-state index is -0.0753. The van der Waals surface area contributed by atoms with Gasteiger partial charge in [0.05, 0.1) is 26.7 Å². The standard InChI is InChI=1S/C8H17N3O.C7H15N3O/c1-7(2)8(12)11(5-9-3)6-10-4;1-4-7(11)10(5-8-2)6-9-3/h9-10H,1,5-6H2,2-4H3;4,8-9H,1,5-6H2,2-3H3. The SMILES string of the molecule is C=C(C)C(=O)N(CNC)CNC.C=CC(=O)N(CNC)CNC. The summed E-state index contributed by atoms with van der Waals surface area (Å²) in [4.78, 5) is 25.6. The Bertz CT molecular complexity index is 361. The summed E-state index contributed by atoms with van der Waals surface area (Å²) < 4.78 is 0. The topological polar surface area (TPSA) is 88.7 Å². The van der Waals surface area contributed by atoms with Crippen molar-refractivity contribution in [1.29, 1.82) is 0 Å². The maximum Gasteiger partial charge on any atom is 0.250 e. The summed E-state index contributed by atoms with van der Waals surface area (Å²) in [6, 6.07) is 0. The van der Waals surface area contributed by atoms with Gasteiger partial charge in [-0.05, 0) is 41.2 Å². The molecule has 4 N–H and O–H groups in total. The summed E-state index contributed by atoms with van der Waals surface area (Å²) in [5.74, 6) is -0.104. The van der Waals surface area contributed by atoms with E-state index in [1.54, 1.807) is 44.9 Å². The zero-order valence-corrected chi connectivity index (χ0v) is 15.0. The lowest BCUT2D eigenvalue weighted by Crippen LogP contribution is -2.42. The Morgan fingerprint density at radius 2 is 1.22 bits per heavy atom. The van der Waals surface area contributed by atoms with Crippen molar-refractivity contribution in [3.63, 3.8) is 0 Å². The van der Waals surface area contributed by atoms with Crippen LogP contribution in [0, 0.1) is 0 Å². The molecule has 0 bridgehead atoms. The summed E-state index contributed by atoms with van der Waals surface area (Å²) in [5, 5.41) is 11.6. The fraction of sp³-hybridized carbons (Fsp3) is 0.600. The van der Waals surface area contributed by atoms with Gasteiger partial charge in [-0.1, -0.05) is 13.2 Å². The van der Waals surface area contributed by atoms with Crippen LogP contribution in [-0.4, -0.2) is 76.5 Å². The maximum absolute atomic E-state index is 11.4. The Kier molecular flexibility index (Phi) is 15.5. The van der Waals surface area contributed by atoms with Crippen molar-refractivity contribution in [1.82, 2.24) is 31.1 Å². The van der Waals surface area contributed by atoms with Crippen LogP contribution >= 0.6 is 0 Å². The molecule has 0 atom stereocenters. The van der Waals surface area contributed by atoms with E-state index in [9.17, 15) is 9.59 Å². The molecular weight excluding hydrogens is 296 g/mol. The normalized spacial score (nSPS) is 9.43. The molecule has 2 amide bonds. The smallest absolute Gasteiger partial charge is 0.250 e. The van der Waals surface area contributed by atoms with Crippen LogP contribution in [0.25, 0.3) is 0 Å². The summed E-state index contributed by atoms with van der Waals surface area (Å²) in [5.41, 5.74) is 0.556. The van der Waals surface area contributed by atoms with E-state index in [-0.39, 0.29) is 11.8 Å². The van der Waals surface area contributed by atoms with Crippen molar-refractivity contribution >= 4 is 11.8 Å². The predicted octanol–water partition coefficient (Wildman–Crippen LogP) is -0.900. The molecule has 0 aliphatic rings. The summed E-state index contributed by atoms with van der Waals surface area (Å²) in [6.45, 7) is 10.8. The van der Waals surface area contributed by atoms with Crippen molar-refractivity contribution in [3.05, 3.63) is 24.8 Å². The van der Waals surface area contributed by atoms with Gasteiger partial charge in [-0.15, -0.1) is 0 Å². The molecule has 0 radical (unpaired) electrons. The highest BCUT2D eigenvalue weighted by Crippen LogP contribution is 1.95. The van der Waals surface area contributed by atoms with E-state index in [4.69, 9.17) is 0 Å². The van der Waals surface area contributed by atoms with E-state index in [2.05, 4.69) is 34.4 Å². The zero-order valence-electron chi connectivity index (χ0n) is 15.0. The molecule has 0 aromatic heterocycles. The first-order chi connectivity index (χ1) is 10.9. The van der Waals surface area contributed by atoms with E-state index in [1.807, 2.05) is 0 Å². The molecule has 0 aliphatic heterocycles. The van der Waals surface area contributed by atoms with Gasteiger partial charge < -0.3 is 31.1 Å². The number of rotatable bonds is 10. The molecule has 0 saturated heterocycles. The molecule has 0 rings (SSSR count). The summed E-state index contributed by atoms with van der Waals surface area (Å²) in [7, 11) is 7.18. The van der Waals surface area contributed by atoms with Gasteiger partial charge in [0.15, 0.2) is 0 Å². The first kappa shape index (κ1) is 23.5. The first-order valence-electron chi connectivity index (χ1n) is 7.34. The zero-order chi connectivity index (χ0) is 18.3. The molecule has 0 aromatic carbocycles. The van der Waals surface area contributed by atoms with Gasteiger partial charge in [0.25, 0.3) is 5.91 Å². The molecule has 0 aliphatic carbocycles. The Labute approximate surface area is 140 Å². The largest absolute Gasteiger partial charge is 0.314 e. The molecule has 0 aromatic rings. The fourth-order valence-electron chi connectivity index (χ4n) is 1.57. The van der Waals surface area contributed by atoms with Crippen LogP contribution in [0.4, 0.5) is 0 Å². The van der Waals surface area contributed by atoms with Gasteiger partial charge in [-0.2, -0.15) is 0 Å². The van der Waals surface area contributed by atoms with E-state index >= 15 is 0 Å². The van der Waals surface area contributed by atoms with Gasteiger partial charge in [0.1, 0.15) is 0 Å². The third-order valence-electron chi connectivity index (χ3n) is 2.53. The number of amides is 2. The summed E-state index contributed by atoms with van der Waals surface area (Å²) >= 11 is 0. The molecule has 8 heteroatoms. The average Bonchev–Trinajstić information content (AvgIpc) is 2.53. The third-order valence-corrected chi connectivity index (χ3v) is 2.53. The molecule has 0 fully saturated rings.